The molecule has 0 unspecified atom stereocenters. The van der Waals surface area contributed by atoms with Crippen LogP contribution in [0, 0.1) is 6.92 Å². The van der Waals surface area contributed by atoms with E-state index in [2.05, 4.69) is 9.71 Å². The van der Waals surface area contributed by atoms with Gasteiger partial charge in [-0.3, -0.25) is 0 Å². The summed E-state index contributed by atoms with van der Waals surface area (Å²) in [6, 6.07) is 7.90. The van der Waals surface area contributed by atoms with Gasteiger partial charge >= 0.3 is 0 Å². The quantitative estimate of drug-likeness (QED) is 0.851. The molecular weight excluding hydrogens is 224 g/mol. The maximum atomic E-state index is 11.0. The number of hydrogen-bond acceptors (Lipinski definition) is 2. The van der Waals surface area contributed by atoms with Crippen molar-refractivity contribution in [3.63, 3.8) is 0 Å². The summed E-state index contributed by atoms with van der Waals surface area (Å²) < 4.78 is 24.4. The standard InChI is InChI=1S/C11H14N2O2S/c1-8-5-10-6-9(3-4-11(10)13-8)7-12-16(2,14)15/h3-6,12-13H,7H2,1-2H3. The molecular formula is C11H14N2O2S. The van der Waals surface area contributed by atoms with Crippen LogP contribution in [0.4, 0.5) is 0 Å². The summed E-state index contributed by atoms with van der Waals surface area (Å²) in [7, 11) is -3.13. The second-order valence-electron chi connectivity index (χ2n) is 3.97. The molecule has 2 rings (SSSR count). The summed E-state index contributed by atoms with van der Waals surface area (Å²) in [4.78, 5) is 3.22. The lowest BCUT2D eigenvalue weighted by molar-refractivity contribution is 0.587. The van der Waals surface area contributed by atoms with Crippen LogP contribution in [0.3, 0.4) is 0 Å². The molecule has 5 heteroatoms. The van der Waals surface area contributed by atoms with Gasteiger partial charge in [0.2, 0.25) is 10.0 Å². The van der Waals surface area contributed by atoms with E-state index in [1.165, 1.54) is 0 Å². The van der Waals surface area contributed by atoms with Crippen molar-refractivity contribution in [2.24, 2.45) is 0 Å². The first-order valence-electron chi connectivity index (χ1n) is 4.97. The molecule has 1 aromatic carbocycles. The van der Waals surface area contributed by atoms with Gasteiger partial charge in [-0.25, -0.2) is 13.1 Å². The summed E-state index contributed by atoms with van der Waals surface area (Å²) >= 11 is 0. The summed E-state index contributed by atoms with van der Waals surface area (Å²) in [6.07, 6.45) is 1.16. The Hall–Kier alpha value is -1.33. The molecule has 0 amide bonds. The number of sulfonamides is 1. The van der Waals surface area contributed by atoms with Crippen molar-refractivity contribution in [3.8, 4) is 0 Å². The number of hydrogen-bond donors (Lipinski definition) is 2. The lowest BCUT2D eigenvalue weighted by Gasteiger charge is -2.02. The lowest BCUT2D eigenvalue weighted by Crippen LogP contribution is -2.21. The minimum atomic E-state index is -3.13. The maximum Gasteiger partial charge on any atom is 0.209 e. The Bertz CT molecular complexity index is 614. The number of benzene rings is 1. The molecule has 0 aliphatic carbocycles. The zero-order valence-electron chi connectivity index (χ0n) is 9.24. The third-order valence-corrected chi connectivity index (χ3v) is 3.03. The molecule has 0 aliphatic rings. The smallest absolute Gasteiger partial charge is 0.209 e. The molecule has 2 aromatic rings. The zero-order chi connectivity index (χ0) is 11.8. The highest BCUT2D eigenvalue weighted by Gasteiger charge is 2.03. The third-order valence-electron chi connectivity index (χ3n) is 2.36. The van der Waals surface area contributed by atoms with Crippen LogP contribution in [0.5, 0.6) is 0 Å². The first-order valence-corrected chi connectivity index (χ1v) is 6.86. The van der Waals surface area contributed by atoms with Crippen LogP contribution < -0.4 is 4.72 Å². The molecule has 0 saturated heterocycles. The maximum absolute atomic E-state index is 11.0. The van der Waals surface area contributed by atoms with Gasteiger partial charge in [0.15, 0.2) is 0 Å². The second kappa shape index (κ2) is 3.92. The molecule has 1 heterocycles. The van der Waals surface area contributed by atoms with Gasteiger partial charge in [0.1, 0.15) is 0 Å². The molecule has 0 bridgehead atoms. The number of rotatable bonds is 3. The average Bonchev–Trinajstić information content (AvgIpc) is 2.52. The van der Waals surface area contributed by atoms with Gasteiger partial charge < -0.3 is 4.98 Å². The number of aryl methyl sites for hydroxylation is 1. The number of aromatic nitrogens is 1. The number of aromatic amines is 1. The Labute approximate surface area is 94.7 Å². The van der Waals surface area contributed by atoms with E-state index in [0.29, 0.717) is 6.54 Å². The largest absolute Gasteiger partial charge is 0.359 e. The Morgan fingerprint density at radius 1 is 1.31 bits per heavy atom. The summed E-state index contributed by atoms with van der Waals surface area (Å²) in [5.74, 6) is 0. The van der Waals surface area contributed by atoms with Gasteiger partial charge in [-0.15, -0.1) is 0 Å². The summed E-state index contributed by atoms with van der Waals surface area (Å²) in [5, 5.41) is 1.10. The van der Waals surface area contributed by atoms with Crippen molar-refractivity contribution in [1.29, 1.82) is 0 Å². The van der Waals surface area contributed by atoms with Crippen LogP contribution in [0.25, 0.3) is 10.9 Å². The van der Waals surface area contributed by atoms with Gasteiger partial charge in [-0.2, -0.15) is 0 Å². The summed E-state index contributed by atoms with van der Waals surface area (Å²) in [6.45, 7) is 2.33. The third kappa shape index (κ3) is 2.62. The molecule has 2 N–H and O–H groups in total. The Balaban J connectivity index is 2.25. The fraction of sp³-hybridized carbons (Fsp3) is 0.273. The molecule has 0 radical (unpaired) electrons. The highest BCUT2D eigenvalue weighted by atomic mass is 32.2. The van der Waals surface area contributed by atoms with Crippen LogP contribution in [-0.2, 0) is 16.6 Å². The van der Waals surface area contributed by atoms with Crippen molar-refractivity contribution >= 4 is 20.9 Å². The second-order valence-corrected chi connectivity index (χ2v) is 5.80. The van der Waals surface area contributed by atoms with E-state index >= 15 is 0 Å². The van der Waals surface area contributed by atoms with E-state index < -0.39 is 10.0 Å². The monoisotopic (exact) mass is 238 g/mol. The fourth-order valence-electron chi connectivity index (χ4n) is 1.65. The molecule has 4 nitrogen and oxygen atoms in total. The van der Waals surface area contributed by atoms with Gasteiger partial charge in [0, 0.05) is 17.8 Å². The van der Waals surface area contributed by atoms with E-state index in [1.807, 2.05) is 31.2 Å². The normalized spacial score (nSPS) is 12.1. The first-order chi connectivity index (χ1) is 7.44. The van der Waals surface area contributed by atoms with Gasteiger partial charge in [0.05, 0.1) is 6.26 Å². The molecule has 0 aliphatic heterocycles. The van der Waals surface area contributed by atoms with E-state index in [-0.39, 0.29) is 0 Å². The molecule has 0 fully saturated rings. The zero-order valence-corrected chi connectivity index (χ0v) is 10.1. The highest BCUT2D eigenvalue weighted by molar-refractivity contribution is 7.88. The molecule has 86 valence electrons. The van der Waals surface area contributed by atoms with Gasteiger partial charge in [-0.05, 0) is 36.1 Å². The highest BCUT2D eigenvalue weighted by Crippen LogP contribution is 2.16. The summed E-state index contributed by atoms with van der Waals surface area (Å²) in [5.41, 5.74) is 3.13. The number of H-pyrrole nitrogens is 1. The van der Waals surface area contributed by atoms with Crippen LogP contribution >= 0.6 is 0 Å². The van der Waals surface area contributed by atoms with Crippen molar-refractivity contribution < 1.29 is 8.42 Å². The average molecular weight is 238 g/mol. The Kier molecular flexibility index (Phi) is 2.73. The van der Waals surface area contributed by atoms with Gasteiger partial charge in [0.25, 0.3) is 0 Å². The van der Waals surface area contributed by atoms with Crippen molar-refractivity contribution in [2.75, 3.05) is 6.26 Å². The molecule has 1 aromatic heterocycles. The Morgan fingerprint density at radius 3 is 2.75 bits per heavy atom. The van der Waals surface area contributed by atoms with Crippen LogP contribution in [0.1, 0.15) is 11.3 Å². The molecule has 16 heavy (non-hydrogen) atoms. The van der Waals surface area contributed by atoms with Crippen molar-refractivity contribution in [2.45, 2.75) is 13.5 Å². The van der Waals surface area contributed by atoms with Gasteiger partial charge in [-0.1, -0.05) is 6.07 Å². The van der Waals surface area contributed by atoms with E-state index in [9.17, 15) is 8.42 Å². The predicted molar refractivity (Wildman–Crippen MR) is 64.7 cm³/mol. The van der Waals surface area contributed by atoms with Crippen LogP contribution in [-0.4, -0.2) is 19.7 Å². The van der Waals surface area contributed by atoms with Crippen molar-refractivity contribution in [1.82, 2.24) is 9.71 Å². The minimum absolute atomic E-state index is 0.332. The molecule has 0 saturated carbocycles. The number of nitrogens with one attached hydrogen (secondary N) is 2. The molecule has 0 spiro atoms. The van der Waals surface area contributed by atoms with E-state index in [4.69, 9.17) is 0 Å². The van der Waals surface area contributed by atoms with Crippen LogP contribution in [0.2, 0.25) is 0 Å². The minimum Gasteiger partial charge on any atom is -0.359 e. The van der Waals surface area contributed by atoms with E-state index in [1.54, 1.807) is 0 Å². The molecule has 0 atom stereocenters. The fourth-order valence-corrected chi connectivity index (χ4v) is 2.08. The first kappa shape index (κ1) is 11.2. The Morgan fingerprint density at radius 2 is 2.06 bits per heavy atom. The lowest BCUT2D eigenvalue weighted by atomic mass is 10.1. The topological polar surface area (TPSA) is 62.0 Å². The SMILES string of the molecule is Cc1cc2cc(CNS(C)(=O)=O)ccc2[nH]1. The number of fused-ring (bicyclic) bond motifs is 1. The van der Waals surface area contributed by atoms with E-state index in [0.717, 1.165) is 28.4 Å². The van der Waals surface area contributed by atoms with Crippen molar-refractivity contribution in [3.05, 3.63) is 35.5 Å². The predicted octanol–water partition coefficient (Wildman–Crippen LogP) is 1.53. The van der Waals surface area contributed by atoms with Crippen LogP contribution in [0.15, 0.2) is 24.3 Å².